The van der Waals surface area contributed by atoms with Crippen LogP contribution in [0.2, 0.25) is 0 Å². The van der Waals surface area contributed by atoms with Gasteiger partial charge in [0, 0.05) is 6.07 Å². The molecule has 1 rings (SSSR count). The quantitative estimate of drug-likeness (QED) is 0.693. The Labute approximate surface area is 96.6 Å². The van der Waals surface area contributed by atoms with Gasteiger partial charge in [-0.15, -0.1) is 0 Å². The first kappa shape index (κ1) is 12.4. The fraction of sp³-hybridized carbons (Fsp3) is 0.385. The fourth-order valence-corrected chi connectivity index (χ4v) is 1.42. The smallest absolute Gasteiger partial charge is 0.122 e. The average Bonchev–Trinajstić information content (AvgIpc) is 2.34. The Morgan fingerprint density at radius 1 is 1.00 bits per heavy atom. The van der Waals surface area contributed by atoms with E-state index in [4.69, 9.17) is 14.2 Å². The van der Waals surface area contributed by atoms with Crippen LogP contribution in [0.5, 0.6) is 11.5 Å². The van der Waals surface area contributed by atoms with E-state index >= 15 is 0 Å². The van der Waals surface area contributed by atoms with Crippen molar-refractivity contribution in [3.8, 4) is 11.5 Å². The van der Waals surface area contributed by atoms with E-state index in [-0.39, 0.29) is 0 Å². The predicted octanol–water partition coefficient (Wildman–Crippen LogP) is 2.80. The average molecular weight is 222 g/mol. The van der Waals surface area contributed by atoms with Gasteiger partial charge in [0.2, 0.25) is 0 Å². The second-order valence-corrected chi connectivity index (χ2v) is 3.37. The van der Waals surface area contributed by atoms with Gasteiger partial charge in [-0.05, 0) is 36.6 Å². The molecule has 0 bridgehead atoms. The molecule has 0 radical (unpaired) electrons. The molecule has 0 fully saturated rings. The molecule has 3 heteroatoms. The van der Waals surface area contributed by atoms with Gasteiger partial charge in [0.25, 0.3) is 0 Å². The summed E-state index contributed by atoms with van der Waals surface area (Å²) < 4.78 is 15.2. The predicted molar refractivity (Wildman–Crippen MR) is 64.0 cm³/mol. The summed E-state index contributed by atoms with van der Waals surface area (Å²) >= 11 is 0. The minimum absolute atomic E-state index is 0.824. The van der Waals surface area contributed by atoms with Crippen LogP contribution in [0.4, 0.5) is 0 Å². The lowest BCUT2D eigenvalue weighted by Gasteiger charge is -2.07. The highest BCUT2D eigenvalue weighted by Gasteiger charge is 2.00. The van der Waals surface area contributed by atoms with Crippen molar-refractivity contribution in [1.82, 2.24) is 0 Å². The molecular weight excluding hydrogens is 204 g/mol. The van der Waals surface area contributed by atoms with Crippen LogP contribution >= 0.6 is 0 Å². The molecule has 1 aromatic rings. The van der Waals surface area contributed by atoms with E-state index in [1.807, 2.05) is 24.3 Å². The van der Waals surface area contributed by atoms with Crippen molar-refractivity contribution in [3.05, 3.63) is 36.1 Å². The standard InChI is InChI=1S/C13H18O3/c1-14-7-5-4-6-11-8-12(15-2)10-13(9-11)16-3/h5,7-10H,4,6H2,1-3H3/b7-5+. The van der Waals surface area contributed by atoms with Crippen molar-refractivity contribution in [2.24, 2.45) is 0 Å². The first-order valence-corrected chi connectivity index (χ1v) is 5.20. The maximum atomic E-state index is 5.20. The number of allylic oxidation sites excluding steroid dienone is 1. The number of rotatable bonds is 6. The molecule has 16 heavy (non-hydrogen) atoms. The molecule has 0 aliphatic carbocycles. The molecule has 3 nitrogen and oxygen atoms in total. The number of hydrogen-bond acceptors (Lipinski definition) is 3. The lowest BCUT2D eigenvalue weighted by Crippen LogP contribution is -1.91. The van der Waals surface area contributed by atoms with E-state index < -0.39 is 0 Å². The zero-order valence-corrected chi connectivity index (χ0v) is 10.0. The minimum Gasteiger partial charge on any atom is -0.505 e. The molecule has 0 unspecified atom stereocenters. The molecule has 0 amide bonds. The van der Waals surface area contributed by atoms with Crippen LogP contribution in [0.15, 0.2) is 30.5 Å². The number of benzene rings is 1. The normalized spacial score (nSPS) is 10.4. The van der Waals surface area contributed by atoms with Crippen molar-refractivity contribution in [2.45, 2.75) is 12.8 Å². The second kappa shape index (κ2) is 6.77. The van der Waals surface area contributed by atoms with E-state index in [0.717, 1.165) is 24.3 Å². The van der Waals surface area contributed by atoms with E-state index in [2.05, 4.69) is 0 Å². The maximum Gasteiger partial charge on any atom is 0.122 e. The van der Waals surface area contributed by atoms with Crippen LogP contribution in [-0.2, 0) is 11.2 Å². The third-order valence-electron chi connectivity index (χ3n) is 2.24. The molecule has 0 heterocycles. The molecule has 0 spiro atoms. The second-order valence-electron chi connectivity index (χ2n) is 3.37. The van der Waals surface area contributed by atoms with Crippen molar-refractivity contribution < 1.29 is 14.2 Å². The van der Waals surface area contributed by atoms with Gasteiger partial charge in [0.15, 0.2) is 0 Å². The molecule has 1 aromatic carbocycles. The first-order chi connectivity index (χ1) is 7.80. The van der Waals surface area contributed by atoms with Crippen LogP contribution in [0.3, 0.4) is 0 Å². The molecular formula is C13H18O3. The zero-order valence-electron chi connectivity index (χ0n) is 10.0. The third kappa shape index (κ3) is 3.85. The van der Waals surface area contributed by atoms with Gasteiger partial charge in [-0.3, -0.25) is 0 Å². The van der Waals surface area contributed by atoms with Gasteiger partial charge in [-0.1, -0.05) is 0 Å². The molecule has 0 saturated heterocycles. The molecule has 0 saturated carbocycles. The highest BCUT2D eigenvalue weighted by molar-refractivity contribution is 5.38. The van der Waals surface area contributed by atoms with E-state index in [1.165, 1.54) is 5.56 Å². The number of aryl methyl sites for hydroxylation is 1. The van der Waals surface area contributed by atoms with Gasteiger partial charge >= 0.3 is 0 Å². The molecule has 0 aliphatic heterocycles. The Kier molecular flexibility index (Phi) is 5.26. The van der Waals surface area contributed by atoms with E-state index in [1.54, 1.807) is 27.6 Å². The van der Waals surface area contributed by atoms with Crippen molar-refractivity contribution in [3.63, 3.8) is 0 Å². The van der Waals surface area contributed by atoms with Crippen molar-refractivity contribution in [2.75, 3.05) is 21.3 Å². The summed E-state index contributed by atoms with van der Waals surface area (Å²) in [6.07, 6.45) is 5.56. The summed E-state index contributed by atoms with van der Waals surface area (Å²) in [5.41, 5.74) is 1.19. The third-order valence-corrected chi connectivity index (χ3v) is 2.24. The first-order valence-electron chi connectivity index (χ1n) is 5.20. The SMILES string of the molecule is CO/C=C/CCc1cc(OC)cc(OC)c1. The summed E-state index contributed by atoms with van der Waals surface area (Å²) in [5.74, 6) is 1.65. The zero-order chi connectivity index (χ0) is 11.8. The Hall–Kier alpha value is -1.64. The molecule has 0 aromatic heterocycles. The molecule has 0 N–H and O–H groups in total. The number of ether oxygens (including phenoxy) is 3. The summed E-state index contributed by atoms with van der Waals surface area (Å²) in [6, 6.07) is 5.90. The number of methoxy groups -OCH3 is 3. The fourth-order valence-electron chi connectivity index (χ4n) is 1.42. The van der Waals surface area contributed by atoms with Crippen LogP contribution in [0.25, 0.3) is 0 Å². The minimum atomic E-state index is 0.824. The van der Waals surface area contributed by atoms with Gasteiger partial charge in [0.1, 0.15) is 11.5 Å². The monoisotopic (exact) mass is 222 g/mol. The summed E-state index contributed by atoms with van der Waals surface area (Å²) in [7, 11) is 4.96. The van der Waals surface area contributed by atoms with E-state index in [9.17, 15) is 0 Å². The van der Waals surface area contributed by atoms with Crippen molar-refractivity contribution in [1.29, 1.82) is 0 Å². The van der Waals surface area contributed by atoms with Crippen molar-refractivity contribution >= 4 is 0 Å². The van der Waals surface area contributed by atoms with Crippen LogP contribution in [0, 0.1) is 0 Å². The highest BCUT2D eigenvalue weighted by Crippen LogP contribution is 2.23. The number of hydrogen-bond donors (Lipinski definition) is 0. The van der Waals surface area contributed by atoms with Gasteiger partial charge in [-0.25, -0.2) is 0 Å². The Balaban J connectivity index is 2.67. The van der Waals surface area contributed by atoms with Crippen LogP contribution in [0.1, 0.15) is 12.0 Å². The summed E-state index contributed by atoms with van der Waals surface area (Å²) in [4.78, 5) is 0. The summed E-state index contributed by atoms with van der Waals surface area (Å²) in [6.45, 7) is 0. The molecule has 0 atom stereocenters. The molecule has 0 aliphatic rings. The van der Waals surface area contributed by atoms with Gasteiger partial charge in [0.05, 0.1) is 27.6 Å². The Bertz CT molecular complexity index is 323. The summed E-state index contributed by atoms with van der Waals surface area (Å²) in [5, 5.41) is 0. The lowest BCUT2D eigenvalue weighted by atomic mass is 10.1. The maximum absolute atomic E-state index is 5.20. The highest BCUT2D eigenvalue weighted by atomic mass is 16.5. The van der Waals surface area contributed by atoms with Gasteiger partial charge in [-0.2, -0.15) is 0 Å². The largest absolute Gasteiger partial charge is 0.505 e. The van der Waals surface area contributed by atoms with Crippen LogP contribution < -0.4 is 9.47 Å². The van der Waals surface area contributed by atoms with E-state index in [0.29, 0.717) is 0 Å². The van der Waals surface area contributed by atoms with Gasteiger partial charge < -0.3 is 14.2 Å². The topological polar surface area (TPSA) is 27.7 Å². The molecule has 88 valence electrons. The Morgan fingerprint density at radius 2 is 1.62 bits per heavy atom. The Morgan fingerprint density at radius 3 is 2.12 bits per heavy atom. The van der Waals surface area contributed by atoms with Crippen LogP contribution in [-0.4, -0.2) is 21.3 Å². The lowest BCUT2D eigenvalue weighted by molar-refractivity contribution is 0.336.